The van der Waals surface area contributed by atoms with E-state index in [-0.39, 0.29) is 11.5 Å². The molecule has 0 saturated heterocycles. The van der Waals surface area contributed by atoms with Crippen LogP contribution in [0.15, 0.2) is 35.7 Å². The zero-order valence-electron chi connectivity index (χ0n) is 18.8. The molecule has 0 N–H and O–H groups in total. The van der Waals surface area contributed by atoms with Crippen molar-refractivity contribution in [2.75, 3.05) is 42.7 Å². The Hall–Kier alpha value is -2.36. The summed E-state index contributed by atoms with van der Waals surface area (Å²) in [6.45, 7) is 0. The standard InChI is InChI=1S/C21H27O9PS/c1-24-16-12-19(26-3)17(20(13-16)27-4)9-10-32(23)14-15-7-8-18(25-2)21(11-15)30-31(22,28-5)29-6/h7-13H,14H2,1-6H3/b10-9+. The van der Waals surface area contributed by atoms with E-state index in [4.69, 9.17) is 32.5 Å². The maximum absolute atomic E-state index is 12.7. The molecule has 0 spiro atoms. The van der Waals surface area contributed by atoms with Gasteiger partial charge in [-0.25, -0.2) is 4.57 Å². The van der Waals surface area contributed by atoms with Crippen LogP contribution in [0.3, 0.4) is 0 Å². The second-order valence-corrected chi connectivity index (χ2v) is 9.29. The van der Waals surface area contributed by atoms with Gasteiger partial charge in [-0.2, -0.15) is 0 Å². The molecule has 1 unspecified atom stereocenters. The molecule has 176 valence electrons. The smallest absolute Gasteiger partial charge is 0.529 e. The van der Waals surface area contributed by atoms with E-state index >= 15 is 0 Å². The average Bonchev–Trinajstić information content (AvgIpc) is 2.82. The highest BCUT2D eigenvalue weighted by Crippen LogP contribution is 2.50. The summed E-state index contributed by atoms with van der Waals surface area (Å²) in [5, 5.41) is 1.53. The third kappa shape index (κ3) is 6.57. The molecule has 11 heteroatoms. The molecular weight excluding hydrogens is 459 g/mol. The van der Waals surface area contributed by atoms with Gasteiger partial charge in [-0.05, 0) is 23.3 Å². The first-order valence-electron chi connectivity index (χ1n) is 9.26. The number of phosphoric ester groups is 1. The van der Waals surface area contributed by atoms with Crippen molar-refractivity contribution in [2.24, 2.45) is 0 Å². The molecule has 1 atom stereocenters. The lowest BCUT2D eigenvalue weighted by molar-refractivity contribution is 0.208. The highest BCUT2D eigenvalue weighted by atomic mass is 32.2. The molecular formula is C21H27O9PS. The van der Waals surface area contributed by atoms with Gasteiger partial charge in [0.1, 0.15) is 28.4 Å². The summed E-state index contributed by atoms with van der Waals surface area (Å²) >= 11 is -1.39. The van der Waals surface area contributed by atoms with Crippen molar-refractivity contribution in [1.29, 1.82) is 0 Å². The Morgan fingerprint density at radius 2 is 1.44 bits per heavy atom. The fraction of sp³-hybridized carbons (Fsp3) is 0.333. The third-order valence-electron chi connectivity index (χ3n) is 4.33. The summed E-state index contributed by atoms with van der Waals surface area (Å²) in [5.41, 5.74) is 1.29. The highest BCUT2D eigenvalue weighted by Gasteiger charge is 2.27. The Balaban J connectivity index is 2.25. The van der Waals surface area contributed by atoms with E-state index in [0.717, 1.165) is 0 Å². The van der Waals surface area contributed by atoms with Crippen LogP contribution in [0.5, 0.6) is 28.7 Å². The summed E-state index contributed by atoms with van der Waals surface area (Å²) in [7, 11) is 4.69. The number of phosphoric acid groups is 1. The predicted octanol–water partition coefficient (Wildman–Crippen LogP) is 4.42. The summed E-state index contributed by atoms with van der Waals surface area (Å²) < 4.78 is 61.3. The van der Waals surface area contributed by atoms with Crippen LogP contribution in [0.1, 0.15) is 11.1 Å². The first-order chi connectivity index (χ1) is 15.3. The van der Waals surface area contributed by atoms with Gasteiger partial charge in [-0.15, -0.1) is 0 Å². The molecule has 0 aliphatic rings. The second kappa shape index (κ2) is 12.0. The van der Waals surface area contributed by atoms with Gasteiger partial charge >= 0.3 is 7.82 Å². The number of hydrogen-bond donors (Lipinski definition) is 0. The van der Waals surface area contributed by atoms with E-state index in [9.17, 15) is 9.12 Å². The largest absolute Gasteiger partial charge is 0.612 e. The van der Waals surface area contributed by atoms with Crippen molar-refractivity contribution in [3.05, 3.63) is 46.9 Å². The molecule has 0 heterocycles. The van der Waals surface area contributed by atoms with Crippen LogP contribution >= 0.6 is 7.82 Å². The molecule has 0 amide bonds. The zero-order valence-corrected chi connectivity index (χ0v) is 20.5. The number of ether oxygens (including phenoxy) is 4. The van der Waals surface area contributed by atoms with Crippen molar-refractivity contribution in [3.8, 4) is 28.7 Å². The quantitative estimate of drug-likeness (QED) is 0.318. The minimum atomic E-state index is -3.78. The molecule has 2 rings (SSSR count). The molecule has 0 aliphatic carbocycles. The number of hydrogen-bond acceptors (Lipinski definition) is 9. The Morgan fingerprint density at radius 3 is 1.94 bits per heavy atom. The Labute approximate surface area is 191 Å². The molecule has 0 fully saturated rings. The van der Waals surface area contributed by atoms with Gasteiger partial charge in [0.05, 0.1) is 34.0 Å². The van der Waals surface area contributed by atoms with Gasteiger partial charge in [-0.1, -0.05) is 6.07 Å². The Morgan fingerprint density at radius 1 is 0.844 bits per heavy atom. The highest BCUT2D eigenvalue weighted by molar-refractivity contribution is 7.93. The number of methoxy groups -OCH3 is 4. The van der Waals surface area contributed by atoms with E-state index in [1.807, 2.05) is 0 Å². The maximum atomic E-state index is 12.7. The van der Waals surface area contributed by atoms with Crippen LogP contribution in [0.4, 0.5) is 0 Å². The normalized spacial score (nSPS) is 12.5. The summed E-state index contributed by atoms with van der Waals surface area (Å²) in [5.74, 6) is 2.26. The number of benzene rings is 2. The predicted molar refractivity (Wildman–Crippen MR) is 122 cm³/mol. The van der Waals surface area contributed by atoms with Gasteiger partial charge in [0.15, 0.2) is 11.5 Å². The van der Waals surface area contributed by atoms with Crippen molar-refractivity contribution in [2.45, 2.75) is 5.75 Å². The van der Waals surface area contributed by atoms with Crippen LogP contribution in [0.2, 0.25) is 0 Å². The Kier molecular flexibility index (Phi) is 9.74. The lowest BCUT2D eigenvalue weighted by Gasteiger charge is -2.17. The van der Waals surface area contributed by atoms with E-state index < -0.39 is 19.0 Å². The first-order valence-corrected chi connectivity index (χ1v) is 12.1. The van der Waals surface area contributed by atoms with E-state index in [2.05, 4.69) is 0 Å². The summed E-state index contributed by atoms with van der Waals surface area (Å²) in [6.07, 6.45) is 1.66. The van der Waals surface area contributed by atoms with Gasteiger partial charge < -0.3 is 28.0 Å². The minimum Gasteiger partial charge on any atom is -0.612 e. The van der Waals surface area contributed by atoms with Gasteiger partial charge in [0.2, 0.25) is 0 Å². The van der Waals surface area contributed by atoms with Crippen molar-refractivity contribution in [3.63, 3.8) is 0 Å². The summed E-state index contributed by atoms with van der Waals surface area (Å²) in [6, 6.07) is 8.35. The SMILES string of the molecule is COc1cc(OC)c(/C=C/[S+]([O-])Cc2ccc(OC)c(OP(=O)(OC)OC)c2)c(OC)c1. The van der Waals surface area contributed by atoms with Crippen LogP contribution in [0.25, 0.3) is 6.08 Å². The third-order valence-corrected chi connectivity index (χ3v) is 6.71. The molecule has 0 saturated carbocycles. The van der Waals surface area contributed by atoms with Crippen LogP contribution in [-0.2, 0) is 30.5 Å². The molecule has 2 aromatic rings. The van der Waals surface area contributed by atoms with Crippen LogP contribution < -0.4 is 23.5 Å². The fourth-order valence-electron chi connectivity index (χ4n) is 2.70. The molecule has 0 bridgehead atoms. The van der Waals surface area contributed by atoms with Crippen molar-refractivity contribution >= 4 is 25.1 Å². The summed E-state index contributed by atoms with van der Waals surface area (Å²) in [4.78, 5) is 0. The van der Waals surface area contributed by atoms with Crippen molar-refractivity contribution < 1.29 is 41.6 Å². The monoisotopic (exact) mass is 486 g/mol. The lowest BCUT2D eigenvalue weighted by Crippen LogP contribution is -2.03. The fourth-order valence-corrected chi connectivity index (χ4v) is 4.28. The van der Waals surface area contributed by atoms with E-state index in [1.54, 1.807) is 43.5 Å². The molecule has 9 nitrogen and oxygen atoms in total. The molecule has 0 aromatic heterocycles. The van der Waals surface area contributed by atoms with Gasteiger partial charge in [0, 0.05) is 38.0 Å². The molecule has 2 aromatic carbocycles. The van der Waals surface area contributed by atoms with Gasteiger partial charge in [0.25, 0.3) is 0 Å². The minimum absolute atomic E-state index is 0.150. The molecule has 0 radical (unpaired) electrons. The second-order valence-electron chi connectivity index (χ2n) is 6.16. The van der Waals surface area contributed by atoms with Crippen LogP contribution in [0, 0.1) is 0 Å². The zero-order chi connectivity index (χ0) is 23.7. The van der Waals surface area contributed by atoms with Crippen LogP contribution in [-0.4, -0.2) is 47.2 Å². The van der Waals surface area contributed by atoms with Crippen molar-refractivity contribution in [1.82, 2.24) is 0 Å². The first kappa shape index (κ1) is 25.9. The lowest BCUT2D eigenvalue weighted by atomic mass is 10.1. The molecule has 0 aliphatic heterocycles. The molecule has 32 heavy (non-hydrogen) atoms. The maximum Gasteiger partial charge on any atom is 0.529 e. The van der Waals surface area contributed by atoms with Gasteiger partial charge in [-0.3, -0.25) is 9.05 Å². The Bertz CT molecular complexity index is 947. The number of rotatable bonds is 12. The van der Waals surface area contributed by atoms with E-state index in [1.165, 1.54) is 41.0 Å². The average molecular weight is 486 g/mol. The topological polar surface area (TPSA) is 105 Å². The van der Waals surface area contributed by atoms with E-state index in [0.29, 0.717) is 34.1 Å².